The second-order valence-corrected chi connectivity index (χ2v) is 9.74. The predicted molar refractivity (Wildman–Crippen MR) is 144 cm³/mol. The number of hydrogen-bond acceptors (Lipinski definition) is 7. The van der Waals surface area contributed by atoms with Crippen LogP contribution in [0.1, 0.15) is 17.7 Å². The van der Waals surface area contributed by atoms with E-state index in [0.29, 0.717) is 11.6 Å². The molecule has 0 radical (unpaired) electrons. The molecule has 2 aromatic heterocycles. The highest BCUT2D eigenvalue weighted by molar-refractivity contribution is 8.00. The number of aryl methyl sites for hydroxylation is 1. The molecule has 0 spiro atoms. The fourth-order valence-electron chi connectivity index (χ4n) is 2.92. The fraction of sp³-hybridized carbons (Fsp3) is 0.185. The number of H-pyrrole nitrogens is 1. The number of methoxy groups -OCH3 is 1. The zero-order valence-electron chi connectivity index (χ0n) is 20.0. The van der Waals surface area contributed by atoms with Crippen LogP contribution in [-0.2, 0) is 20.1 Å². The summed E-state index contributed by atoms with van der Waals surface area (Å²) >= 11 is 3.11. The molecule has 0 saturated heterocycles. The lowest BCUT2D eigenvalue weighted by atomic mass is 10.3. The standard InChI is InChI=1S/C16H15N3OS.C11H12O3S/c1-12-7-8-15(17-10-12)19-16(20)9-13(18-19)11-21-14-5-3-2-4-6-14;1-14-11(13)7-9(12)8-15-10-5-3-2-4-6-10/h2-10,18H,11H2,1H3;2-6H,7-8H2,1H3. The number of ketones is 1. The molecule has 0 amide bonds. The number of carbonyl (C=O) groups excluding carboxylic acids is 2. The number of nitrogens with zero attached hydrogens (tertiary/aromatic N) is 2. The largest absolute Gasteiger partial charge is 0.469 e. The van der Waals surface area contributed by atoms with Crippen molar-refractivity contribution in [2.24, 2.45) is 0 Å². The van der Waals surface area contributed by atoms with Crippen LogP contribution in [0.25, 0.3) is 5.82 Å². The van der Waals surface area contributed by atoms with E-state index in [4.69, 9.17) is 0 Å². The Morgan fingerprint density at radius 2 is 1.58 bits per heavy atom. The maximum Gasteiger partial charge on any atom is 0.313 e. The van der Waals surface area contributed by atoms with Gasteiger partial charge in [-0.25, -0.2) is 9.67 Å². The number of pyridine rings is 1. The van der Waals surface area contributed by atoms with Crippen LogP contribution >= 0.6 is 23.5 Å². The smallest absolute Gasteiger partial charge is 0.313 e. The highest BCUT2D eigenvalue weighted by Crippen LogP contribution is 2.21. The van der Waals surface area contributed by atoms with Crippen molar-refractivity contribution in [2.75, 3.05) is 12.9 Å². The minimum atomic E-state index is -0.478. The molecular weight excluding hydrogens is 494 g/mol. The van der Waals surface area contributed by atoms with E-state index >= 15 is 0 Å². The maximum absolute atomic E-state index is 12.0. The van der Waals surface area contributed by atoms with E-state index < -0.39 is 5.97 Å². The number of rotatable bonds is 9. The van der Waals surface area contributed by atoms with Crippen LogP contribution in [0.5, 0.6) is 0 Å². The van der Waals surface area contributed by atoms with Gasteiger partial charge in [0.1, 0.15) is 6.42 Å². The van der Waals surface area contributed by atoms with Crippen molar-refractivity contribution in [3.63, 3.8) is 0 Å². The van der Waals surface area contributed by atoms with Crippen LogP contribution in [0.2, 0.25) is 0 Å². The second kappa shape index (κ2) is 14.1. The normalized spacial score (nSPS) is 10.3. The minimum absolute atomic E-state index is 0.0879. The van der Waals surface area contributed by atoms with E-state index in [9.17, 15) is 14.4 Å². The van der Waals surface area contributed by atoms with Gasteiger partial charge < -0.3 is 4.74 Å². The molecule has 186 valence electrons. The number of nitrogens with one attached hydrogen (secondary N) is 1. The molecule has 0 aliphatic carbocycles. The summed E-state index contributed by atoms with van der Waals surface area (Å²) < 4.78 is 5.88. The number of aromatic amines is 1. The molecule has 0 atom stereocenters. The molecule has 7 nitrogen and oxygen atoms in total. The number of esters is 1. The molecule has 2 aromatic carbocycles. The van der Waals surface area contributed by atoms with Crippen molar-refractivity contribution >= 4 is 35.3 Å². The molecule has 0 aliphatic rings. The van der Waals surface area contributed by atoms with Gasteiger partial charge in [-0.15, -0.1) is 23.5 Å². The summed E-state index contributed by atoms with van der Waals surface area (Å²) in [5.41, 5.74) is 1.87. The number of aromatic nitrogens is 3. The van der Waals surface area contributed by atoms with E-state index in [-0.39, 0.29) is 17.8 Å². The van der Waals surface area contributed by atoms with Crippen LogP contribution in [0.15, 0.2) is 99.6 Å². The summed E-state index contributed by atoms with van der Waals surface area (Å²) in [6, 6.07) is 25.1. The van der Waals surface area contributed by atoms with Gasteiger partial charge in [0.25, 0.3) is 5.56 Å². The van der Waals surface area contributed by atoms with Gasteiger partial charge in [0.2, 0.25) is 0 Å². The first-order chi connectivity index (χ1) is 17.4. The Bertz CT molecular complexity index is 1300. The number of carbonyl (C=O) groups is 2. The van der Waals surface area contributed by atoms with E-state index in [1.165, 1.54) is 28.4 Å². The van der Waals surface area contributed by atoms with Gasteiger partial charge in [-0.05, 0) is 42.8 Å². The first-order valence-corrected chi connectivity index (χ1v) is 13.1. The Morgan fingerprint density at radius 3 is 2.17 bits per heavy atom. The first-order valence-electron chi connectivity index (χ1n) is 11.1. The average Bonchev–Trinajstić information content (AvgIpc) is 3.28. The Morgan fingerprint density at radius 1 is 0.944 bits per heavy atom. The molecular formula is C27H27N3O4S2. The second-order valence-electron chi connectivity index (χ2n) is 7.64. The zero-order valence-corrected chi connectivity index (χ0v) is 21.7. The Labute approximate surface area is 218 Å². The summed E-state index contributed by atoms with van der Waals surface area (Å²) in [4.78, 5) is 40.5. The Hall–Kier alpha value is -3.56. The van der Waals surface area contributed by atoms with E-state index in [1.54, 1.807) is 24.0 Å². The molecule has 36 heavy (non-hydrogen) atoms. The highest BCUT2D eigenvalue weighted by Gasteiger charge is 2.09. The van der Waals surface area contributed by atoms with Crippen LogP contribution in [0.4, 0.5) is 0 Å². The SMILES string of the molecule is COC(=O)CC(=O)CSc1ccccc1.Cc1ccc(-n2[nH]c(CSc3ccccc3)cc2=O)nc1. The van der Waals surface area contributed by atoms with Crippen molar-refractivity contribution in [1.82, 2.24) is 14.8 Å². The van der Waals surface area contributed by atoms with Crippen LogP contribution in [0, 0.1) is 6.92 Å². The summed E-state index contributed by atoms with van der Waals surface area (Å²) in [6.07, 6.45) is 1.61. The number of Topliss-reactive ketones (excluding diaryl/α,β-unsaturated/α-hetero) is 1. The summed E-state index contributed by atoms with van der Waals surface area (Å²) in [5.74, 6) is 1.04. The zero-order chi connectivity index (χ0) is 25.8. The molecule has 9 heteroatoms. The number of hydrogen-bond donors (Lipinski definition) is 1. The number of ether oxygens (including phenoxy) is 1. The quantitative estimate of drug-likeness (QED) is 0.187. The van der Waals surface area contributed by atoms with Crippen molar-refractivity contribution < 1.29 is 14.3 Å². The molecule has 1 N–H and O–H groups in total. The molecule has 0 aliphatic heterocycles. The summed E-state index contributed by atoms with van der Waals surface area (Å²) in [7, 11) is 1.28. The topological polar surface area (TPSA) is 94.0 Å². The van der Waals surface area contributed by atoms with Gasteiger partial charge in [0, 0.05) is 33.5 Å². The van der Waals surface area contributed by atoms with Crippen LogP contribution in [0.3, 0.4) is 0 Å². The Balaban J connectivity index is 0.000000214. The predicted octanol–water partition coefficient (Wildman–Crippen LogP) is 5.07. The number of benzene rings is 2. The maximum atomic E-state index is 12.0. The monoisotopic (exact) mass is 521 g/mol. The van der Waals surface area contributed by atoms with Crippen molar-refractivity contribution in [1.29, 1.82) is 0 Å². The average molecular weight is 522 g/mol. The van der Waals surface area contributed by atoms with Gasteiger partial charge in [-0.1, -0.05) is 42.5 Å². The van der Waals surface area contributed by atoms with Gasteiger partial charge in [-0.3, -0.25) is 19.5 Å². The van der Waals surface area contributed by atoms with Crippen LogP contribution < -0.4 is 5.56 Å². The number of thioether (sulfide) groups is 2. The Kier molecular flexibility index (Phi) is 10.6. The summed E-state index contributed by atoms with van der Waals surface area (Å²) in [6.45, 7) is 1.97. The third kappa shape index (κ3) is 8.90. The minimum Gasteiger partial charge on any atom is -0.469 e. The molecule has 4 rings (SSSR count). The fourth-order valence-corrected chi connectivity index (χ4v) is 4.52. The van der Waals surface area contributed by atoms with Gasteiger partial charge in [-0.2, -0.15) is 0 Å². The van der Waals surface area contributed by atoms with Crippen LogP contribution in [-0.4, -0.2) is 39.4 Å². The third-order valence-electron chi connectivity index (χ3n) is 4.75. The molecule has 0 saturated carbocycles. The lowest BCUT2D eigenvalue weighted by Crippen LogP contribution is -2.14. The molecule has 0 unspecified atom stereocenters. The van der Waals surface area contributed by atoms with Gasteiger partial charge >= 0.3 is 5.97 Å². The van der Waals surface area contributed by atoms with Crippen molar-refractivity contribution in [2.45, 2.75) is 28.9 Å². The molecule has 4 aromatic rings. The third-order valence-corrected chi connectivity index (χ3v) is 6.88. The highest BCUT2D eigenvalue weighted by atomic mass is 32.2. The van der Waals surface area contributed by atoms with Gasteiger partial charge in [0.15, 0.2) is 11.6 Å². The van der Waals surface area contributed by atoms with Crippen molar-refractivity contribution in [3.05, 3.63) is 107 Å². The molecule has 2 heterocycles. The molecule has 0 fully saturated rings. The lowest BCUT2D eigenvalue weighted by molar-refractivity contribution is -0.142. The lowest BCUT2D eigenvalue weighted by Gasteiger charge is -2.02. The molecule has 0 bridgehead atoms. The van der Waals surface area contributed by atoms with E-state index in [2.05, 4.69) is 27.0 Å². The van der Waals surface area contributed by atoms with Gasteiger partial charge in [0.05, 0.1) is 12.9 Å². The van der Waals surface area contributed by atoms with E-state index in [0.717, 1.165) is 21.9 Å². The van der Waals surface area contributed by atoms with E-state index in [1.807, 2.05) is 67.6 Å². The van der Waals surface area contributed by atoms with Crippen molar-refractivity contribution in [3.8, 4) is 5.82 Å². The first kappa shape index (κ1) is 27.0. The summed E-state index contributed by atoms with van der Waals surface area (Å²) in [5, 5.41) is 3.11.